The second-order valence-electron chi connectivity index (χ2n) is 6.50. The van der Waals surface area contributed by atoms with Crippen molar-refractivity contribution in [1.82, 2.24) is 0 Å². The quantitative estimate of drug-likeness (QED) is 0.285. The maximum Gasteiger partial charge on any atom is 0.341 e. The monoisotopic (exact) mass is 495 g/mol. The van der Waals surface area contributed by atoms with Crippen LogP contribution in [0.5, 0.6) is 5.75 Å². The number of aryl methyl sites for hydroxylation is 1. The molecule has 0 spiro atoms. The lowest BCUT2D eigenvalue weighted by Crippen LogP contribution is -2.24. The molecule has 2 aromatic rings. The van der Waals surface area contributed by atoms with Crippen molar-refractivity contribution >= 4 is 41.6 Å². The Kier molecular flexibility index (Phi) is 8.10. The highest BCUT2D eigenvalue weighted by molar-refractivity contribution is 14.0. The molecule has 0 radical (unpaired) electrons. The van der Waals surface area contributed by atoms with Crippen molar-refractivity contribution in [2.75, 3.05) is 19.5 Å². The van der Waals surface area contributed by atoms with E-state index in [1.165, 1.54) is 38.2 Å². The van der Waals surface area contributed by atoms with Crippen LogP contribution < -0.4 is 15.8 Å². The van der Waals surface area contributed by atoms with Crippen LogP contribution in [0.15, 0.2) is 41.4 Å². The second kappa shape index (κ2) is 10.3. The molecule has 150 valence electrons. The van der Waals surface area contributed by atoms with Crippen molar-refractivity contribution in [3.8, 4) is 5.75 Å². The number of nitrogens with two attached hydrogens (primary N) is 1. The first-order chi connectivity index (χ1) is 13.1. The molecule has 0 aliphatic heterocycles. The third-order valence-corrected chi connectivity index (χ3v) is 4.76. The number of carbonyl (C=O) groups is 1. The Bertz CT molecular complexity index is 868. The summed E-state index contributed by atoms with van der Waals surface area (Å²) in [6.45, 7) is 0.381. The summed E-state index contributed by atoms with van der Waals surface area (Å²) in [7, 11) is 2.86. The van der Waals surface area contributed by atoms with Gasteiger partial charge in [-0.25, -0.2) is 9.79 Å². The molecule has 0 atom stereocenters. The molecule has 0 amide bonds. The molecule has 0 saturated carbocycles. The Labute approximate surface area is 182 Å². The number of guanidine groups is 1. The normalized spacial score (nSPS) is 13.1. The summed E-state index contributed by atoms with van der Waals surface area (Å²) < 4.78 is 10.0. The number of esters is 1. The van der Waals surface area contributed by atoms with Gasteiger partial charge in [0, 0.05) is 5.69 Å². The number of benzene rings is 2. The molecule has 6 nitrogen and oxygen atoms in total. The van der Waals surface area contributed by atoms with Crippen molar-refractivity contribution in [1.29, 1.82) is 0 Å². The van der Waals surface area contributed by atoms with Gasteiger partial charge in [-0.15, -0.1) is 24.0 Å². The number of anilines is 1. The number of fused-ring (bicyclic) bond motifs is 1. The largest absolute Gasteiger partial charge is 0.496 e. The van der Waals surface area contributed by atoms with E-state index in [0.717, 1.165) is 24.1 Å². The van der Waals surface area contributed by atoms with Gasteiger partial charge >= 0.3 is 5.97 Å². The zero-order valence-corrected chi connectivity index (χ0v) is 18.5. The SMILES string of the molecule is COC(=O)c1ccc(CN=C(N)Nc2cccc3c2CCCC3)cc1OC.I. The van der Waals surface area contributed by atoms with Gasteiger partial charge in [-0.05, 0) is 60.6 Å². The van der Waals surface area contributed by atoms with Gasteiger partial charge in [-0.3, -0.25) is 0 Å². The molecule has 3 rings (SSSR count). The molecule has 28 heavy (non-hydrogen) atoms. The number of carbonyl (C=O) groups excluding carboxylic acids is 1. The minimum absolute atomic E-state index is 0. The second-order valence-corrected chi connectivity index (χ2v) is 6.50. The third kappa shape index (κ3) is 5.15. The average molecular weight is 495 g/mol. The van der Waals surface area contributed by atoms with E-state index in [-0.39, 0.29) is 24.0 Å². The topological polar surface area (TPSA) is 85.9 Å². The maximum absolute atomic E-state index is 11.7. The first-order valence-electron chi connectivity index (χ1n) is 9.05. The van der Waals surface area contributed by atoms with Gasteiger partial charge in [0.15, 0.2) is 5.96 Å². The van der Waals surface area contributed by atoms with Crippen LogP contribution in [0.1, 0.15) is 39.9 Å². The summed E-state index contributed by atoms with van der Waals surface area (Å²) in [6, 6.07) is 11.5. The highest BCUT2D eigenvalue weighted by Crippen LogP contribution is 2.27. The number of nitrogens with zero attached hydrogens (tertiary/aromatic N) is 1. The minimum atomic E-state index is -0.433. The Hall–Kier alpha value is -2.29. The predicted molar refractivity (Wildman–Crippen MR) is 122 cm³/mol. The number of methoxy groups -OCH3 is 2. The summed E-state index contributed by atoms with van der Waals surface area (Å²) in [5.74, 6) is 0.389. The highest BCUT2D eigenvalue weighted by atomic mass is 127. The lowest BCUT2D eigenvalue weighted by Gasteiger charge is -2.19. The van der Waals surface area contributed by atoms with Crippen LogP contribution in [0.2, 0.25) is 0 Å². The fourth-order valence-electron chi connectivity index (χ4n) is 3.36. The van der Waals surface area contributed by atoms with Crippen LogP contribution in [0, 0.1) is 0 Å². The zero-order valence-electron chi connectivity index (χ0n) is 16.2. The van der Waals surface area contributed by atoms with Crippen molar-refractivity contribution in [2.24, 2.45) is 10.7 Å². The molecule has 1 aliphatic carbocycles. The van der Waals surface area contributed by atoms with E-state index in [0.29, 0.717) is 23.8 Å². The molecule has 0 aromatic heterocycles. The Morgan fingerprint density at radius 2 is 1.96 bits per heavy atom. The predicted octanol–water partition coefficient (Wildman–Crippen LogP) is 3.91. The van der Waals surface area contributed by atoms with Gasteiger partial charge in [-0.1, -0.05) is 18.2 Å². The standard InChI is InChI=1S/C21H25N3O3.HI/c1-26-19-12-14(10-11-17(19)20(25)27-2)13-23-21(22)24-18-9-5-7-15-6-3-4-8-16(15)18;/h5,7,9-12H,3-4,6,8,13H2,1-2H3,(H3,22,23,24);1H. The van der Waals surface area contributed by atoms with E-state index in [9.17, 15) is 4.79 Å². The lowest BCUT2D eigenvalue weighted by molar-refractivity contribution is 0.0597. The summed E-state index contributed by atoms with van der Waals surface area (Å²) in [6.07, 6.45) is 4.63. The summed E-state index contributed by atoms with van der Waals surface area (Å²) >= 11 is 0. The van der Waals surface area contributed by atoms with Gasteiger partial charge in [0.2, 0.25) is 0 Å². The molecular formula is C21H26IN3O3. The van der Waals surface area contributed by atoms with Crippen molar-refractivity contribution in [2.45, 2.75) is 32.2 Å². The molecule has 0 saturated heterocycles. The number of nitrogens with one attached hydrogen (secondary N) is 1. The van der Waals surface area contributed by atoms with Crippen LogP contribution in [0.25, 0.3) is 0 Å². The maximum atomic E-state index is 11.7. The Balaban J connectivity index is 0.00000280. The molecular weight excluding hydrogens is 469 g/mol. The number of ether oxygens (including phenoxy) is 2. The smallest absolute Gasteiger partial charge is 0.341 e. The van der Waals surface area contributed by atoms with Gasteiger partial charge in [0.25, 0.3) is 0 Å². The summed E-state index contributed by atoms with van der Waals surface area (Å²) in [5, 5.41) is 3.23. The third-order valence-electron chi connectivity index (χ3n) is 4.76. The number of aliphatic imine (C=N–C) groups is 1. The Morgan fingerprint density at radius 3 is 2.71 bits per heavy atom. The number of halogens is 1. The zero-order chi connectivity index (χ0) is 19.2. The first kappa shape index (κ1) is 22.0. The number of hydrogen-bond acceptors (Lipinski definition) is 4. The van der Waals surface area contributed by atoms with E-state index >= 15 is 0 Å². The van der Waals surface area contributed by atoms with E-state index in [1.807, 2.05) is 12.1 Å². The first-order valence-corrected chi connectivity index (χ1v) is 9.05. The van der Waals surface area contributed by atoms with Gasteiger partial charge < -0.3 is 20.5 Å². The molecule has 0 bridgehead atoms. The van der Waals surface area contributed by atoms with Crippen LogP contribution >= 0.6 is 24.0 Å². The fourth-order valence-corrected chi connectivity index (χ4v) is 3.36. The van der Waals surface area contributed by atoms with Crippen molar-refractivity contribution < 1.29 is 14.3 Å². The molecule has 0 unspecified atom stereocenters. The molecule has 1 aliphatic rings. The Morgan fingerprint density at radius 1 is 1.18 bits per heavy atom. The average Bonchev–Trinajstić information content (AvgIpc) is 2.71. The van der Waals surface area contributed by atoms with E-state index in [2.05, 4.69) is 22.4 Å². The molecule has 0 fully saturated rings. The van der Waals surface area contributed by atoms with Crippen LogP contribution in [-0.2, 0) is 24.1 Å². The number of rotatable bonds is 5. The van der Waals surface area contributed by atoms with E-state index in [1.54, 1.807) is 12.1 Å². The van der Waals surface area contributed by atoms with Gasteiger partial charge in [0.1, 0.15) is 11.3 Å². The molecule has 3 N–H and O–H groups in total. The molecule has 7 heteroatoms. The summed E-state index contributed by atoms with van der Waals surface area (Å²) in [5.41, 5.74) is 11.1. The fraction of sp³-hybridized carbons (Fsp3) is 0.333. The van der Waals surface area contributed by atoms with E-state index < -0.39 is 5.97 Å². The van der Waals surface area contributed by atoms with Gasteiger partial charge in [-0.2, -0.15) is 0 Å². The highest BCUT2D eigenvalue weighted by Gasteiger charge is 2.14. The van der Waals surface area contributed by atoms with Crippen LogP contribution in [0.4, 0.5) is 5.69 Å². The minimum Gasteiger partial charge on any atom is -0.496 e. The van der Waals surface area contributed by atoms with Crippen LogP contribution in [0.3, 0.4) is 0 Å². The van der Waals surface area contributed by atoms with Crippen molar-refractivity contribution in [3.63, 3.8) is 0 Å². The summed E-state index contributed by atoms with van der Waals surface area (Å²) in [4.78, 5) is 16.2. The lowest BCUT2D eigenvalue weighted by atomic mass is 9.90. The number of hydrogen-bond donors (Lipinski definition) is 2. The molecule has 2 aromatic carbocycles. The molecule has 0 heterocycles. The van der Waals surface area contributed by atoms with Crippen LogP contribution in [-0.4, -0.2) is 26.1 Å². The van der Waals surface area contributed by atoms with E-state index in [4.69, 9.17) is 15.2 Å². The van der Waals surface area contributed by atoms with Crippen molar-refractivity contribution in [3.05, 3.63) is 58.7 Å². The van der Waals surface area contributed by atoms with Gasteiger partial charge in [0.05, 0.1) is 20.8 Å².